The average Bonchev–Trinajstić information content (AvgIpc) is 2.68. The zero-order valence-electron chi connectivity index (χ0n) is 14.8. The van der Waals surface area contributed by atoms with Gasteiger partial charge in [0, 0.05) is 17.3 Å². The molecule has 0 unspecified atom stereocenters. The zero-order chi connectivity index (χ0) is 19.1. The highest BCUT2D eigenvalue weighted by atomic mass is 127. The van der Waals surface area contributed by atoms with Gasteiger partial charge in [-0.3, -0.25) is 0 Å². The van der Waals surface area contributed by atoms with Gasteiger partial charge in [0.05, 0.1) is 18.2 Å². The maximum Gasteiger partial charge on any atom is 0.193 e. The lowest BCUT2D eigenvalue weighted by Crippen LogP contribution is -2.22. The van der Waals surface area contributed by atoms with Crippen molar-refractivity contribution in [2.75, 3.05) is 5.32 Å². The first-order chi connectivity index (χ1) is 13.1. The monoisotopic (exact) mass is 488 g/mol. The summed E-state index contributed by atoms with van der Waals surface area (Å²) in [7, 11) is 0. The quantitative estimate of drug-likeness (QED) is 0.300. The van der Waals surface area contributed by atoms with Crippen molar-refractivity contribution in [1.82, 2.24) is 0 Å². The van der Waals surface area contributed by atoms with Crippen LogP contribution in [-0.2, 0) is 6.54 Å². The molecule has 0 aromatic heterocycles. The normalized spacial score (nSPS) is 10.5. The predicted octanol–water partition coefficient (Wildman–Crippen LogP) is 5.03. The van der Waals surface area contributed by atoms with Gasteiger partial charge in [-0.05, 0) is 36.4 Å². The Balaban J connectivity index is 0.00000280. The third kappa shape index (κ3) is 5.96. The molecule has 0 aliphatic heterocycles. The second-order valence-corrected chi connectivity index (χ2v) is 5.69. The Kier molecular flexibility index (Phi) is 7.77. The number of anilines is 1. The van der Waals surface area contributed by atoms with E-state index in [1.165, 1.54) is 12.1 Å². The fourth-order valence-electron chi connectivity index (χ4n) is 2.36. The number of halogens is 2. The van der Waals surface area contributed by atoms with Gasteiger partial charge in [0.15, 0.2) is 5.96 Å². The second kappa shape index (κ2) is 10.3. The number of nitrogens with two attached hydrogens (primary N) is 1. The minimum absolute atomic E-state index is 0. The minimum atomic E-state index is -0.483. The van der Waals surface area contributed by atoms with Crippen LogP contribution in [0.1, 0.15) is 11.1 Å². The average molecular weight is 488 g/mol. The van der Waals surface area contributed by atoms with Gasteiger partial charge in [-0.15, -0.1) is 24.0 Å². The number of guanidine groups is 1. The van der Waals surface area contributed by atoms with Crippen molar-refractivity contribution in [3.8, 4) is 17.6 Å². The third-order valence-electron chi connectivity index (χ3n) is 3.69. The number of benzene rings is 3. The van der Waals surface area contributed by atoms with Crippen LogP contribution in [0.15, 0.2) is 77.8 Å². The zero-order valence-corrected chi connectivity index (χ0v) is 17.1. The van der Waals surface area contributed by atoms with Gasteiger partial charge in [-0.2, -0.15) is 5.26 Å². The smallest absolute Gasteiger partial charge is 0.193 e. The first-order valence-electron chi connectivity index (χ1n) is 8.22. The topological polar surface area (TPSA) is 83.4 Å². The molecule has 7 heteroatoms. The van der Waals surface area contributed by atoms with E-state index in [2.05, 4.69) is 10.3 Å². The number of aliphatic imine (C=N–C) groups is 1. The Morgan fingerprint density at radius 1 is 1.04 bits per heavy atom. The van der Waals surface area contributed by atoms with Crippen LogP contribution in [0.3, 0.4) is 0 Å². The van der Waals surface area contributed by atoms with Gasteiger partial charge in [-0.25, -0.2) is 9.38 Å². The lowest BCUT2D eigenvalue weighted by Gasteiger charge is -2.09. The SMILES string of the molecule is I.N#Cc1ccc(CN=C(N)Nc2cccc(Oc3ccccc3)c2)c(F)c1. The van der Waals surface area contributed by atoms with Crippen LogP contribution < -0.4 is 15.8 Å². The van der Waals surface area contributed by atoms with Crippen LogP contribution in [0, 0.1) is 17.1 Å². The van der Waals surface area contributed by atoms with Crippen molar-refractivity contribution in [2.24, 2.45) is 10.7 Å². The number of para-hydroxylation sites is 1. The predicted molar refractivity (Wildman–Crippen MR) is 118 cm³/mol. The molecule has 0 aliphatic carbocycles. The molecule has 3 N–H and O–H groups in total. The van der Waals surface area contributed by atoms with E-state index >= 15 is 0 Å². The molecular formula is C21H18FIN4O. The van der Waals surface area contributed by atoms with Gasteiger partial charge in [0.25, 0.3) is 0 Å². The molecule has 0 fully saturated rings. The molecular weight excluding hydrogens is 470 g/mol. The molecule has 0 amide bonds. The molecule has 3 rings (SSSR count). The van der Waals surface area contributed by atoms with Crippen LogP contribution in [0.4, 0.5) is 10.1 Å². The summed E-state index contributed by atoms with van der Waals surface area (Å²) in [6.07, 6.45) is 0. The lowest BCUT2D eigenvalue weighted by molar-refractivity contribution is 0.483. The Morgan fingerprint density at radius 2 is 1.79 bits per heavy atom. The maximum absolute atomic E-state index is 13.9. The molecule has 0 atom stereocenters. The summed E-state index contributed by atoms with van der Waals surface area (Å²) in [5, 5.41) is 11.7. The molecule has 0 spiro atoms. The molecule has 0 saturated carbocycles. The first kappa shape index (κ1) is 21.2. The van der Waals surface area contributed by atoms with Crippen LogP contribution in [0.25, 0.3) is 0 Å². The van der Waals surface area contributed by atoms with E-state index in [1.807, 2.05) is 54.6 Å². The Morgan fingerprint density at radius 3 is 2.50 bits per heavy atom. The summed E-state index contributed by atoms with van der Waals surface area (Å²) in [5.74, 6) is 1.05. The van der Waals surface area contributed by atoms with Crippen LogP contribution in [-0.4, -0.2) is 5.96 Å². The molecule has 0 radical (unpaired) electrons. The third-order valence-corrected chi connectivity index (χ3v) is 3.69. The summed E-state index contributed by atoms with van der Waals surface area (Å²) in [4.78, 5) is 4.14. The van der Waals surface area contributed by atoms with Crippen LogP contribution in [0.2, 0.25) is 0 Å². The summed E-state index contributed by atoms with van der Waals surface area (Å²) in [6.45, 7) is 0.0661. The van der Waals surface area contributed by atoms with E-state index in [0.29, 0.717) is 17.0 Å². The van der Waals surface area contributed by atoms with Crippen molar-refractivity contribution in [1.29, 1.82) is 5.26 Å². The molecule has 3 aromatic rings. The van der Waals surface area contributed by atoms with Gasteiger partial charge < -0.3 is 15.8 Å². The van der Waals surface area contributed by atoms with Crippen molar-refractivity contribution < 1.29 is 9.13 Å². The van der Waals surface area contributed by atoms with E-state index in [9.17, 15) is 4.39 Å². The van der Waals surface area contributed by atoms with Gasteiger partial charge >= 0.3 is 0 Å². The Bertz CT molecular complexity index is 1000. The summed E-state index contributed by atoms with van der Waals surface area (Å²) in [6, 6.07) is 22.8. The highest BCUT2D eigenvalue weighted by Crippen LogP contribution is 2.23. The molecule has 5 nitrogen and oxygen atoms in total. The number of hydrogen-bond donors (Lipinski definition) is 2. The minimum Gasteiger partial charge on any atom is -0.457 e. The van der Waals surface area contributed by atoms with Crippen LogP contribution >= 0.6 is 24.0 Å². The van der Waals surface area contributed by atoms with E-state index in [0.717, 1.165) is 5.75 Å². The Hall–Kier alpha value is -3.12. The largest absolute Gasteiger partial charge is 0.457 e. The molecule has 142 valence electrons. The number of nitrogens with one attached hydrogen (secondary N) is 1. The highest BCUT2D eigenvalue weighted by molar-refractivity contribution is 14.0. The fourth-order valence-corrected chi connectivity index (χ4v) is 2.36. The van der Waals surface area contributed by atoms with Crippen molar-refractivity contribution in [2.45, 2.75) is 6.54 Å². The van der Waals surface area contributed by atoms with Crippen molar-refractivity contribution in [3.05, 3.63) is 89.7 Å². The number of nitriles is 1. The molecule has 0 saturated heterocycles. The lowest BCUT2D eigenvalue weighted by atomic mass is 10.1. The van der Waals surface area contributed by atoms with Crippen LogP contribution in [0.5, 0.6) is 11.5 Å². The maximum atomic E-state index is 13.9. The summed E-state index contributed by atoms with van der Waals surface area (Å²) >= 11 is 0. The number of rotatable bonds is 5. The van der Waals surface area contributed by atoms with Gasteiger partial charge in [0.1, 0.15) is 17.3 Å². The first-order valence-corrected chi connectivity index (χ1v) is 8.22. The van der Waals surface area contributed by atoms with E-state index in [-0.39, 0.29) is 42.0 Å². The molecule has 0 heterocycles. The fraction of sp³-hybridized carbons (Fsp3) is 0.0476. The number of hydrogen-bond acceptors (Lipinski definition) is 3. The van der Waals surface area contributed by atoms with Gasteiger partial charge in [-0.1, -0.05) is 30.3 Å². The van der Waals surface area contributed by atoms with Gasteiger partial charge in [0.2, 0.25) is 0 Å². The standard InChI is InChI=1S/C21H17FN4O.HI/c22-20-11-15(13-23)9-10-16(20)14-25-21(24)26-17-5-4-8-19(12-17)27-18-6-2-1-3-7-18;/h1-12H,14H2,(H3,24,25,26);1H. The molecule has 0 bridgehead atoms. The number of ether oxygens (including phenoxy) is 1. The summed E-state index contributed by atoms with van der Waals surface area (Å²) < 4.78 is 19.6. The van der Waals surface area contributed by atoms with E-state index in [4.69, 9.17) is 15.7 Å². The second-order valence-electron chi connectivity index (χ2n) is 5.69. The Labute approximate surface area is 179 Å². The highest BCUT2D eigenvalue weighted by Gasteiger charge is 2.04. The van der Waals surface area contributed by atoms with Crippen molar-refractivity contribution in [3.63, 3.8) is 0 Å². The van der Waals surface area contributed by atoms with E-state index < -0.39 is 5.82 Å². The van der Waals surface area contributed by atoms with E-state index in [1.54, 1.807) is 12.1 Å². The molecule has 3 aromatic carbocycles. The number of nitrogens with zero attached hydrogens (tertiary/aromatic N) is 2. The summed E-state index contributed by atoms with van der Waals surface area (Å²) in [5.41, 5.74) is 7.21. The molecule has 28 heavy (non-hydrogen) atoms. The molecule has 0 aliphatic rings. The van der Waals surface area contributed by atoms with Crippen molar-refractivity contribution >= 4 is 35.6 Å².